The number of rotatable bonds is 5. The van der Waals surface area contributed by atoms with Gasteiger partial charge >= 0.3 is 5.97 Å². The molecular formula is C21H22O3. The molecule has 124 valence electrons. The Balaban J connectivity index is 1.83. The molecule has 0 aliphatic heterocycles. The van der Waals surface area contributed by atoms with Crippen molar-refractivity contribution >= 4 is 11.8 Å². The average Bonchev–Trinajstić information content (AvgIpc) is 2.86. The Hall–Kier alpha value is -2.42. The zero-order chi connectivity index (χ0) is 17.3. The van der Waals surface area contributed by atoms with Gasteiger partial charge in [0, 0.05) is 5.92 Å². The van der Waals surface area contributed by atoms with Gasteiger partial charge < -0.3 is 4.74 Å². The highest BCUT2D eigenvalue weighted by Gasteiger charge is 2.32. The first-order valence-electron chi connectivity index (χ1n) is 8.36. The lowest BCUT2D eigenvalue weighted by molar-refractivity contribution is -0.153. The number of carbonyl (C=O) groups excluding carboxylic acids is 2. The number of hydrogen-bond acceptors (Lipinski definition) is 3. The summed E-state index contributed by atoms with van der Waals surface area (Å²) in [5, 5.41) is 0. The van der Waals surface area contributed by atoms with Crippen LogP contribution in [-0.4, -0.2) is 18.4 Å². The molecule has 3 nitrogen and oxygen atoms in total. The molecule has 1 aliphatic rings. The van der Waals surface area contributed by atoms with E-state index in [0.29, 0.717) is 0 Å². The number of esters is 1. The van der Waals surface area contributed by atoms with Crippen molar-refractivity contribution in [2.75, 3.05) is 6.61 Å². The van der Waals surface area contributed by atoms with Crippen molar-refractivity contribution in [1.82, 2.24) is 0 Å². The first kappa shape index (κ1) is 16.4. The number of Topliss-reactive ketones (excluding diaryl/α,β-unsaturated/α-hetero) is 1. The molecule has 0 aromatic heterocycles. The van der Waals surface area contributed by atoms with Gasteiger partial charge in [0.2, 0.25) is 0 Å². The quantitative estimate of drug-likeness (QED) is 0.612. The molecule has 0 fully saturated rings. The van der Waals surface area contributed by atoms with Gasteiger partial charge in [-0.05, 0) is 35.1 Å². The minimum absolute atomic E-state index is 0.0288. The standard InChI is InChI=1S/C21H22O3/c1-13(2)20(14(3)22)21(23)24-12-19-17-10-6-4-8-15(17)16-9-5-7-11-18(16)19/h4-11,13,19-20H,12H2,1-3H3/t20-/m0/s1. The van der Waals surface area contributed by atoms with Crippen LogP contribution in [0.1, 0.15) is 37.8 Å². The first-order valence-corrected chi connectivity index (χ1v) is 8.36. The van der Waals surface area contributed by atoms with Crippen molar-refractivity contribution in [3.05, 3.63) is 59.7 Å². The lowest BCUT2D eigenvalue weighted by Gasteiger charge is -2.19. The second kappa shape index (κ2) is 6.60. The van der Waals surface area contributed by atoms with E-state index in [0.717, 1.165) is 0 Å². The van der Waals surface area contributed by atoms with E-state index in [1.54, 1.807) is 0 Å². The molecule has 2 aromatic carbocycles. The molecule has 0 bridgehead atoms. The smallest absolute Gasteiger partial charge is 0.316 e. The van der Waals surface area contributed by atoms with Gasteiger partial charge in [-0.2, -0.15) is 0 Å². The second-order valence-electron chi connectivity index (χ2n) is 6.69. The van der Waals surface area contributed by atoms with Crippen LogP contribution in [0.2, 0.25) is 0 Å². The minimum Gasteiger partial charge on any atom is -0.464 e. The van der Waals surface area contributed by atoms with Crippen LogP contribution in [0.25, 0.3) is 11.1 Å². The van der Waals surface area contributed by atoms with Crippen molar-refractivity contribution in [1.29, 1.82) is 0 Å². The van der Waals surface area contributed by atoms with Crippen LogP contribution < -0.4 is 0 Å². The molecule has 0 saturated heterocycles. The minimum atomic E-state index is -0.683. The molecule has 3 rings (SSSR count). The maximum Gasteiger partial charge on any atom is 0.316 e. The lowest BCUT2D eigenvalue weighted by atomic mass is 9.92. The molecule has 0 N–H and O–H groups in total. The fourth-order valence-electron chi connectivity index (χ4n) is 3.60. The third kappa shape index (κ3) is 2.86. The summed E-state index contributed by atoms with van der Waals surface area (Å²) in [6, 6.07) is 16.4. The second-order valence-corrected chi connectivity index (χ2v) is 6.69. The molecule has 2 aromatic rings. The monoisotopic (exact) mass is 322 g/mol. The topological polar surface area (TPSA) is 43.4 Å². The normalized spacial score (nSPS) is 14.2. The van der Waals surface area contributed by atoms with Crippen molar-refractivity contribution in [3.8, 4) is 11.1 Å². The van der Waals surface area contributed by atoms with Crippen molar-refractivity contribution < 1.29 is 14.3 Å². The van der Waals surface area contributed by atoms with Crippen molar-refractivity contribution in [2.24, 2.45) is 11.8 Å². The maximum atomic E-state index is 12.4. The van der Waals surface area contributed by atoms with Gasteiger partial charge in [-0.15, -0.1) is 0 Å². The summed E-state index contributed by atoms with van der Waals surface area (Å²) >= 11 is 0. The van der Waals surface area contributed by atoms with Gasteiger partial charge in [0.05, 0.1) is 0 Å². The molecule has 0 saturated carbocycles. The van der Waals surface area contributed by atoms with E-state index >= 15 is 0 Å². The highest BCUT2D eigenvalue weighted by molar-refractivity contribution is 5.98. The van der Waals surface area contributed by atoms with Gasteiger partial charge in [-0.25, -0.2) is 0 Å². The summed E-state index contributed by atoms with van der Waals surface area (Å²) in [5.74, 6) is -1.27. The molecule has 0 unspecified atom stereocenters. The fourth-order valence-corrected chi connectivity index (χ4v) is 3.60. The van der Waals surface area contributed by atoms with Gasteiger partial charge in [0.25, 0.3) is 0 Å². The molecule has 1 atom stereocenters. The Bertz CT molecular complexity index is 731. The van der Waals surface area contributed by atoms with E-state index in [9.17, 15) is 9.59 Å². The van der Waals surface area contributed by atoms with Crippen LogP contribution in [0.5, 0.6) is 0 Å². The average molecular weight is 322 g/mol. The molecule has 0 amide bonds. The van der Waals surface area contributed by atoms with Crippen LogP contribution in [0.3, 0.4) is 0 Å². The predicted molar refractivity (Wildman–Crippen MR) is 93.7 cm³/mol. The largest absolute Gasteiger partial charge is 0.464 e. The van der Waals surface area contributed by atoms with Crippen molar-refractivity contribution in [2.45, 2.75) is 26.7 Å². The van der Waals surface area contributed by atoms with Crippen LogP contribution >= 0.6 is 0 Å². The molecule has 0 heterocycles. The third-order valence-corrected chi connectivity index (χ3v) is 4.71. The summed E-state index contributed by atoms with van der Waals surface area (Å²) in [5.41, 5.74) is 4.74. The van der Waals surface area contributed by atoms with Crippen LogP contribution in [0.4, 0.5) is 0 Å². The highest BCUT2D eigenvalue weighted by atomic mass is 16.5. The number of hydrogen-bond donors (Lipinski definition) is 0. The highest BCUT2D eigenvalue weighted by Crippen LogP contribution is 2.44. The van der Waals surface area contributed by atoms with Gasteiger partial charge in [-0.1, -0.05) is 62.4 Å². The first-order chi connectivity index (χ1) is 11.5. The van der Waals surface area contributed by atoms with Crippen LogP contribution in [0, 0.1) is 11.8 Å². The molecular weight excluding hydrogens is 300 g/mol. The van der Waals surface area contributed by atoms with E-state index in [-0.39, 0.29) is 24.2 Å². The van der Waals surface area contributed by atoms with Crippen molar-refractivity contribution in [3.63, 3.8) is 0 Å². The van der Waals surface area contributed by atoms with Gasteiger partial charge in [0.15, 0.2) is 0 Å². The lowest BCUT2D eigenvalue weighted by Crippen LogP contribution is -2.30. The molecule has 1 aliphatic carbocycles. The Morgan fingerprint density at radius 3 is 1.92 bits per heavy atom. The molecule has 3 heteroatoms. The number of ether oxygens (including phenoxy) is 1. The maximum absolute atomic E-state index is 12.4. The van der Waals surface area contributed by atoms with Crippen LogP contribution in [-0.2, 0) is 14.3 Å². The SMILES string of the molecule is CC(=O)[C@@H](C(=O)OCC1c2ccccc2-c2ccccc21)C(C)C. The number of carbonyl (C=O) groups is 2. The fraction of sp³-hybridized carbons (Fsp3) is 0.333. The zero-order valence-electron chi connectivity index (χ0n) is 14.3. The Morgan fingerprint density at radius 1 is 0.958 bits per heavy atom. The third-order valence-electron chi connectivity index (χ3n) is 4.71. The molecule has 0 radical (unpaired) electrons. The van der Waals surface area contributed by atoms with Crippen LogP contribution in [0.15, 0.2) is 48.5 Å². The summed E-state index contributed by atoms with van der Waals surface area (Å²) < 4.78 is 5.56. The summed E-state index contributed by atoms with van der Waals surface area (Å²) in [6.07, 6.45) is 0. The van der Waals surface area contributed by atoms with Gasteiger partial charge in [-0.3, -0.25) is 9.59 Å². The number of benzene rings is 2. The summed E-state index contributed by atoms with van der Waals surface area (Å²) in [7, 11) is 0. The number of ketones is 1. The van der Waals surface area contributed by atoms with E-state index in [2.05, 4.69) is 24.3 Å². The van der Waals surface area contributed by atoms with E-state index in [1.165, 1.54) is 29.2 Å². The Kier molecular flexibility index (Phi) is 4.52. The van der Waals surface area contributed by atoms with E-state index < -0.39 is 11.9 Å². The van der Waals surface area contributed by atoms with Gasteiger partial charge in [0.1, 0.15) is 18.3 Å². The zero-order valence-corrected chi connectivity index (χ0v) is 14.3. The molecule has 0 spiro atoms. The Morgan fingerprint density at radius 2 is 1.46 bits per heavy atom. The van der Waals surface area contributed by atoms with E-state index in [4.69, 9.17) is 4.74 Å². The summed E-state index contributed by atoms with van der Waals surface area (Å²) in [4.78, 5) is 24.1. The Labute approximate surface area is 142 Å². The summed E-state index contributed by atoms with van der Waals surface area (Å²) in [6.45, 7) is 5.45. The number of fused-ring (bicyclic) bond motifs is 3. The predicted octanol–water partition coefficient (Wildman–Crippen LogP) is 4.20. The molecule has 24 heavy (non-hydrogen) atoms. The van der Waals surface area contributed by atoms with E-state index in [1.807, 2.05) is 38.1 Å².